The molecule has 0 N–H and O–H groups in total. The molecule has 0 spiro atoms. The van der Waals surface area contributed by atoms with E-state index in [0.717, 1.165) is 18.4 Å². The monoisotopic (exact) mass is 446 g/mol. The maximum atomic E-state index is 14.4. The quantitative estimate of drug-likeness (QED) is 0.338. The number of methoxy groups -OCH3 is 1. The van der Waals surface area contributed by atoms with Crippen molar-refractivity contribution in [2.45, 2.75) is 57.9 Å². The van der Waals surface area contributed by atoms with Gasteiger partial charge in [-0.05, 0) is 69.7 Å². The maximum absolute atomic E-state index is 14.4. The zero-order chi connectivity index (χ0) is 23.8. The topological polar surface area (TPSA) is 44.1 Å². The van der Waals surface area contributed by atoms with Gasteiger partial charge in [-0.1, -0.05) is 58.0 Å². The summed E-state index contributed by atoms with van der Waals surface area (Å²) in [5.41, 5.74) is 5.85. The second-order valence-electron chi connectivity index (χ2n) is 10.1. The minimum atomic E-state index is -0.677. The first-order valence-electron chi connectivity index (χ1n) is 11.3. The van der Waals surface area contributed by atoms with Gasteiger partial charge >= 0.3 is 5.97 Å². The number of hydrogen-bond donors (Lipinski definition) is 0. The van der Waals surface area contributed by atoms with Crippen molar-refractivity contribution in [3.8, 4) is 0 Å². The van der Waals surface area contributed by atoms with Crippen LogP contribution in [0.5, 0.6) is 0 Å². The molecule has 0 fully saturated rings. The van der Waals surface area contributed by atoms with Gasteiger partial charge in [0.25, 0.3) is 0 Å². The molecular formula is C28H31FN2O2. The van der Waals surface area contributed by atoms with Crippen LogP contribution in [0.2, 0.25) is 0 Å². The highest BCUT2D eigenvalue weighted by atomic mass is 19.1. The van der Waals surface area contributed by atoms with E-state index in [4.69, 9.17) is 0 Å². The average Bonchev–Trinajstić information content (AvgIpc) is 3.28. The molecule has 0 saturated heterocycles. The fourth-order valence-electron chi connectivity index (χ4n) is 4.63. The van der Waals surface area contributed by atoms with E-state index < -0.39 is 11.8 Å². The second-order valence-corrected chi connectivity index (χ2v) is 10.1. The summed E-state index contributed by atoms with van der Waals surface area (Å²) in [5, 5.41) is 4.39. The number of ether oxygens (including phenoxy) is 1. The molecule has 4 rings (SSSR count). The molecule has 1 aromatic heterocycles. The molecule has 0 radical (unpaired) electrons. The predicted molar refractivity (Wildman–Crippen MR) is 130 cm³/mol. The number of benzene rings is 2. The molecular weight excluding hydrogens is 415 g/mol. The zero-order valence-corrected chi connectivity index (χ0v) is 20.0. The molecule has 33 heavy (non-hydrogen) atoms. The Morgan fingerprint density at radius 3 is 2.39 bits per heavy atom. The van der Waals surface area contributed by atoms with Crippen molar-refractivity contribution in [2.24, 2.45) is 0 Å². The van der Waals surface area contributed by atoms with Gasteiger partial charge in [0, 0.05) is 12.4 Å². The van der Waals surface area contributed by atoms with Gasteiger partial charge in [-0.25, -0.2) is 9.18 Å². The SMILES string of the molecule is COC(=O)c1ccc(/C=C/c2cc3c(cc2Cn2cccn2)C(C)(C)CCC3(C)C)cc1F. The van der Waals surface area contributed by atoms with E-state index in [2.05, 4.69) is 49.7 Å². The first-order valence-corrected chi connectivity index (χ1v) is 11.3. The van der Waals surface area contributed by atoms with Crippen LogP contribution >= 0.6 is 0 Å². The molecule has 5 heteroatoms. The summed E-state index contributed by atoms with van der Waals surface area (Å²) in [6, 6.07) is 11.1. The van der Waals surface area contributed by atoms with Crippen molar-refractivity contribution in [3.05, 3.63) is 88.0 Å². The summed E-state index contributed by atoms with van der Waals surface area (Å²) in [7, 11) is 1.25. The van der Waals surface area contributed by atoms with Gasteiger partial charge < -0.3 is 4.74 Å². The Labute approximate surface area is 195 Å². The van der Waals surface area contributed by atoms with Crippen molar-refractivity contribution >= 4 is 18.1 Å². The van der Waals surface area contributed by atoms with Crippen LogP contribution in [-0.4, -0.2) is 22.9 Å². The van der Waals surface area contributed by atoms with Gasteiger partial charge in [0.15, 0.2) is 0 Å². The van der Waals surface area contributed by atoms with Crippen LogP contribution in [0.3, 0.4) is 0 Å². The smallest absolute Gasteiger partial charge is 0.340 e. The predicted octanol–water partition coefficient (Wildman–Crippen LogP) is 6.38. The third-order valence-electron chi connectivity index (χ3n) is 6.86. The highest BCUT2D eigenvalue weighted by molar-refractivity contribution is 5.90. The lowest BCUT2D eigenvalue weighted by atomic mass is 9.62. The summed E-state index contributed by atoms with van der Waals surface area (Å²) in [6.45, 7) is 9.91. The first kappa shape index (κ1) is 23.0. The van der Waals surface area contributed by atoms with Crippen LogP contribution in [0, 0.1) is 5.82 Å². The molecule has 0 saturated carbocycles. The third kappa shape index (κ3) is 4.63. The molecule has 4 nitrogen and oxygen atoms in total. The van der Waals surface area contributed by atoms with Gasteiger partial charge in [0.05, 0.1) is 19.2 Å². The largest absolute Gasteiger partial charge is 0.465 e. The number of fused-ring (bicyclic) bond motifs is 1. The van der Waals surface area contributed by atoms with Gasteiger partial charge in [-0.3, -0.25) is 4.68 Å². The Kier molecular flexibility index (Phi) is 6.00. The van der Waals surface area contributed by atoms with E-state index in [-0.39, 0.29) is 16.4 Å². The number of halogens is 1. The minimum Gasteiger partial charge on any atom is -0.465 e. The highest BCUT2D eigenvalue weighted by Gasteiger charge is 2.37. The Morgan fingerprint density at radius 1 is 1.09 bits per heavy atom. The van der Waals surface area contributed by atoms with Crippen molar-refractivity contribution < 1.29 is 13.9 Å². The molecule has 0 amide bonds. The van der Waals surface area contributed by atoms with E-state index in [1.807, 2.05) is 29.1 Å². The lowest BCUT2D eigenvalue weighted by molar-refractivity contribution is 0.0595. The van der Waals surface area contributed by atoms with E-state index in [1.54, 1.807) is 12.3 Å². The maximum Gasteiger partial charge on any atom is 0.340 e. The van der Waals surface area contributed by atoms with Gasteiger partial charge in [0.1, 0.15) is 5.82 Å². The van der Waals surface area contributed by atoms with Crippen LogP contribution in [0.4, 0.5) is 4.39 Å². The number of aromatic nitrogens is 2. The molecule has 1 aliphatic rings. The van der Waals surface area contributed by atoms with Gasteiger partial charge in [0.2, 0.25) is 0 Å². The number of rotatable bonds is 5. The molecule has 0 bridgehead atoms. The summed E-state index contributed by atoms with van der Waals surface area (Å²) in [5.74, 6) is -1.27. The molecule has 1 aliphatic carbocycles. The summed E-state index contributed by atoms with van der Waals surface area (Å²) < 4.78 is 21.0. The number of hydrogen-bond acceptors (Lipinski definition) is 3. The Balaban J connectivity index is 1.78. The number of carbonyl (C=O) groups excluding carboxylic acids is 1. The van der Waals surface area contributed by atoms with Crippen LogP contribution in [0.15, 0.2) is 48.8 Å². The van der Waals surface area contributed by atoms with E-state index in [1.165, 1.54) is 35.9 Å². The second kappa shape index (κ2) is 8.62. The summed E-state index contributed by atoms with van der Waals surface area (Å²) >= 11 is 0. The van der Waals surface area contributed by atoms with Crippen LogP contribution < -0.4 is 0 Å². The molecule has 0 aliphatic heterocycles. The lowest BCUT2D eigenvalue weighted by Crippen LogP contribution is -2.34. The van der Waals surface area contributed by atoms with Gasteiger partial charge in [-0.2, -0.15) is 5.10 Å². The number of esters is 1. The van der Waals surface area contributed by atoms with Crippen LogP contribution in [0.1, 0.15) is 78.7 Å². The Bertz CT molecular complexity index is 1210. The van der Waals surface area contributed by atoms with E-state index >= 15 is 0 Å². The van der Waals surface area contributed by atoms with Crippen LogP contribution in [-0.2, 0) is 22.1 Å². The molecule has 0 unspecified atom stereocenters. The van der Waals surface area contributed by atoms with Crippen LogP contribution in [0.25, 0.3) is 12.2 Å². The fourth-order valence-corrected chi connectivity index (χ4v) is 4.63. The van der Waals surface area contributed by atoms with E-state index in [0.29, 0.717) is 12.1 Å². The van der Waals surface area contributed by atoms with Crippen molar-refractivity contribution in [2.75, 3.05) is 7.11 Å². The highest BCUT2D eigenvalue weighted by Crippen LogP contribution is 2.46. The Morgan fingerprint density at radius 2 is 1.79 bits per heavy atom. The minimum absolute atomic E-state index is 0.0632. The first-order chi connectivity index (χ1) is 15.6. The van der Waals surface area contributed by atoms with Gasteiger partial charge in [-0.15, -0.1) is 0 Å². The summed E-state index contributed by atoms with van der Waals surface area (Å²) in [4.78, 5) is 11.7. The molecule has 0 atom stereocenters. The third-order valence-corrected chi connectivity index (χ3v) is 6.86. The van der Waals surface area contributed by atoms with E-state index in [9.17, 15) is 9.18 Å². The molecule has 2 aromatic carbocycles. The standard InChI is InChI=1S/C28H31FN2O2/c1-27(2)11-12-28(3,4)24-17-21(18-31-14-6-13-30-31)20(16-23(24)27)9-7-19-8-10-22(25(29)15-19)26(32)33-5/h6-10,13-17H,11-12,18H2,1-5H3/b9-7+. The number of carbonyl (C=O) groups is 1. The molecule has 1 heterocycles. The van der Waals surface area contributed by atoms with Crippen molar-refractivity contribution in [1.29, 1.82) is 0 Å². The molecule has 3 aromatic rings. The molecule has 172 valence electrons. The van der Waals surface area contributed by atoms with Crippen molar-refractivity contribution in [1.82, 2.24) is 9.78 Å². The summed E-state index contributed by atoms with van der Waals surface area (Å²) in [6.07, 6.45) is 9.95. The average molecular weight is 447 g/mol. The normalized spacial score (nSPS) is 16.5. The number of nitrogens with zero attached hydrogens (tertiary/aromatic N) is 2. The fraction of sp³-hybridized carbons (Fsp3) is 0.357. The Hall–Kier alpha value is -3.21. The lowest BCUT2D eigenvalue weighted by Gasteiger charge is -2.42. The van der Waals surface area contributed by atoms with Crippen molar-refractivity contribution in [3.63, 3.8) is 0 Å². The zero-order valence-electron chi connectivity index (χ0n) is 20.0.